The van der Waals surface area contributed by atoms with Gasteiger partial charge in [-0.3, -0.25) is 0 Å². The van der Waals surface area contributed by atoms with E-state index in [1.807, 2.05) is 13.0 Å². The van der Waals surface area contributed by atoms with Gasteiger partial charge in [-0.2, -0.15) is 0 Å². The number of aliphatic carboxylic acids is 1. The average Bonchev–Trinajstić information content (AvgIpc) is 2.04. The van der Waals surface area contributed by atoms with Crippen molar-refractivity contribution in [3.63, 3.8) is 0 Å². The number of hydrogen-bond acceptors (Lipinski definition) is 2. The van der Waals surface area contributed by atoms with Gasteiger partial charge in [-0.15, -0.1) is 0 Å². The molecule has 0 fully saturated rings. The Labute approximate surface area is 71.3 Å². The summed E-state index contributed by atoms with van der Waals surface area (Å²) in [5.41, 5.74) is -0.0178. The summed E-state index contributed by atoms with van der Waals surface area (Å²) in [4.78, 5) is 10.3. The van der Waals surface area contributed by atoms with Crippen LogP contribution in [0.1, 0.15) is 6.92 Å². The molecule has 2 N–H and O–H groups in total. The van der Waals surface area contributed by atoms with Crippen molar-refractivity contribution in [1.29, 1.82) is 0 Å². The average molecular weight is 168 g/mol. The summed E-state index contributed by atoms with van der Waals surface area (Å²) in [5.74, 6) is -1.09. The van der Waals surface area contributed by atoms with Crippen molar-refractivity contribution < 1.29 is 15.0 Å². The molecule has 12 heavy (non-hydrogen) atoms. The molecule has 0 spiro atoms. The summed E-state index contributed by atoms with van der Waals surface area (Å²) >= 11 is 0. The van der Waals surface area contributed by atoms with Crippen LogP contribution in [0.4, 0.5) is 0 Å². The lowest BCUT2D eigenvalue weighted by Gasteiger charge is -1.91. The first-order valence-electron chi connectivity index (χ1n) is 3.55. The molecule has 0 aliphatic rings. The molecule has 0 aromatic rings. The third kappa shape index (κ3) is 4.46. The maximum absolute atomic E-state index is 10.3. The second-order valence-corrected chi connectivity index (χ2v) is 2.07. The van der Waals surface area contributed by atoms with Gasteiger partial charge in [0.2, 0.25) is 0 Å². The molecule has 0 saturated heterocycles. The highest BCUT2D eigenvalue weighted by molar-refractivity contribution is 5.87. The highest BCUT2D eigenvalue weighted by Gasteiger charge is 2.01. The van der Waals surface area contributed by atoms with E-state index >= 15 is 0 Å². The number of allylic oxidation sites excluding steroid dienone is 5. The van der Waals surface area contributed by atoms with Crippen LogP contribution in [-0.4, -0.2) is 22.8 Å². The molecule has 0 aliphatic carbocycles. The van der Waals surface area contributed by atoms with Crippen molar-refractivity contribution in [2.45, 2.75) is 6.92 Å². The van der Waals surface area contributed by atoms with Gasteiger partial charge in [0.05, 0.1) is 12.2 Å². The molecular formula is C9H12O3. The predicted octanol–water partition coefficient (Wildman–Crippen LogP) is 1.12. The Morgan fingerprint density at radius 3 is 2.42 bits per heavy atom. The van der Waals surface area contributed by atoms with E-state index in [2.05, 4.69) is 0 Å². The number of carbonyl (C=O) groups is 1. The fourth-order valence-corrected chi connectivity index (χ4v) is 0.539. The van der Waals surface area contributed by atoms with Crippen LogP contribution in [0.3, 0.4) is 0 Å². The van der Waals surface area contributed by atoms with Gasteiger partial charge in [0, 0.05) is 0 Å². The second kappa shape index (κ2) is 6.37. The third-order valence-electron chi connectivity index (χ3n) is 1.16. The Bertz CT molecular complexity index is 224. The van der Waals surface area contributed by atoms with Gasteiger partial charge >= 0.3 is 5.97 Å². The first-order chi connectivity index (χ1) is 5.72. The van der Waals surface area contributed by atoms with Gasteiger partial charge < -0.3 is 10.2 Å². The molecule has 0 aliphatic heterocycles. The molecule has 0 heterocycles. The molecule has 0 unspecified atom stereocenters. The zero-order valence-electron chi connectivity index (χ0n) is 6.90. The van der Waals surface area contributed by atoms with Crippen LogP contribution in [0, 0.1) is 0 Å². The van der Waals surface area contributed by atoms with Crippen molar-refractivity contribution in [2.75, 3.05) is 6.61 Å². The van der Waals surface area contributed by atoms with Crippen LogP contribution < -0.4 is 0 Å². The summed E-state index contributed by atoms with van der Waals surface area (Å²) in [6.07, 6.45) is 8.22. The minimum Gasteiger partial charge on any atom is -0.478 e. The maximum atomic E-state index is 10.3. The molecule has 3 heteroatoms. The summed E-state index contributed by atoms with van der Waals surface area (Å²) < 4.78 is 0. The molecule has 0 rings (SSSR count). The van der Waals surface area contributed by atoms with Gasteiger partial charge in [0.1, 0.15) is 0 Å². The number of aliphatic hydroxyl groups is 1. The van der Waals surface area contributed by atoms with Gasteiger partial charge in [-0.1, -0.05) is 24.3 Å². The zero-order chi connectivity index (χ0) is 9.40. The van der Waals surface area contributed by atoms with Crippen LogP contribution in [0.5, 0.6) is 0 Å². The van der Waals surface area contributed by atoms with Crippen molar-refractivity contribution in [3.8, 4) is 0 Å². The number of rotatable bonds is 4. The molecule has 0 bridgehead atoms. The van der Waals surface area contributed by atoms with E-state index in [9.17, 15) is 4.79 Å². The van der Waals surface area contributed by atoms with E-state index in [4.69, 9.17) is 10.2 Å². The molecule has 0 aromatic heterocycles. The second-order valence-electron chi connectivity index (χ2n) is 2.07. The minimum atomic E-state index is -1.09. The minimum absolute atomic E-state index is 0.0178. The Kier molecular flexibility index (Phi) is 5.65. The van der Waals surface area contributed by atoms with Crippen molar-refractivity contribution >= 4 is 5.97 Å². The third-order valence-corrected chi connectivity index (χ3v) is 1.16. The van der Waals surface area contributed by atoms with E-state index in [0.717, 1.165) is 0 Å². The van der Waals surface area contributed by atoms with Crippen LogP contribution in [0.25, 0.3) is 0 Å². The fourth-order valence-electron chi connectivity index (χ4n) is 0.539. The van der Waals surface area contributed by atoms with Crippen LogP contribution >= 0.6 is 0 Å². The highest BCUT2D eigenvalue weighted by atomic mass is 16.4. The van der Waals surface area contributed by atoms with Gasteiger partial charge in [-0.25, -0.2) is 4.79 Å². The van der Waals surface area contributed by atoms with E-state index < -0.39 is 12.6 Å². The zero-order valence-corrected chi connectivity index (χ0v) is 6.90. The SMILES string of the molecule is CC=CC=CC=C(CO)C(=O)O. The summed E-state index contributed by atoms with van der Waals surface area (Å²) in [6, 6.07) is 0. The fraction of sp³-hybridized carbons (Fsp3) is 0.222. The van der Waals surface area contributed by atoms with Crippen molar-refractivity contribution in [3.05, 3.63) is 36.0 Å². The van der Waals surface area contributed by atoms with E-state index in [0.29, 0.717) is 0 Å². The maximum Gasteiger partial charge on any atom is 0.333 e. The van der Waals surface area contributed by atoms with E-state index in [-0.39, 0.29) is 5.57 Å². The smallest absolute Gasteiger partial charge is 0.333 e. The lowest BCUT2D eigenvalue weighted by atomic mass is 10.2. The summed E-state index contributed by atoms with van der Waals surface area (Å²) in [5, 5.41) is 17.0. The first kappa shape index (κ1) is 10.7. The van der Waals surface area contributed by atoms with Crippen LogP contribution in [0.15, 0.2) is 36.0 Å². The molecule has 0 aromatic carbocycles. The molecule has 0 amide bonds. The topological polar surface area (TPSA) is 57.5 Å². The normalized spacial score (nSPS) is 13.0. The van der Waals surface area contributed by atoms with Crippen molar-refractivity contribution in [2.24, 2.45) is 0 Å². The first-order valence-corrected chi connectivity index (χ1v) is 3.55. The molecule has 0 saturated carbocycles. The van der Waals surface area contributed by atoms with Crippen molar-refractivity contribution in [1.82, 2.24) is 0 Å². The van der Waals surface area contributed by atoms with Gasteiger partial charge in [0.25, 0.3) is 0 Å². The Balaban J connectivity index is 4.21. The Morgan fingerprint density at radius 2 is 2.00 bits per heavy atom. The van der Waals surface area contributed by atoms with E-state index in [1.165, 1.54) is 6.08 Å². The Hall–Kier alpha value is -1.35. The quantitative estimate of drug-likeness (QED) is 0.488. The molecular weight excluding hydrogens is 156 g/mol. The largest absolute Gasteiger partial charge is 0.478 e. The molecule has 3 nitrogen and oxygen atoms in total. The number of aliphatic hydroxyl groups excluding tert-OH is 1. The predicted molar refractivity (Wildman–Crippen MR) is 46.8 cm³/mol. The molecule has 66 valence electrons. The van der Waals surface area contributed by atoms with Crippen LogP contribution in [-0.2, 0) is 4.79 Å². The highest BCUT2D eigenvalue weighted by Crippen LogP contribution is 1.93. The Morgan fingerprint density at radius 1 is 1.33 bits per heavy atom. The lowest BCUT2D eigenvalue weighted by molar-refractivity contribution is -0.133. The standard InChI is InChI=1S/C9H12O3/c1-2-3-4-5-6-8(7-10)9(11)12/h2-6,10H,7H2,1H3,(H,11,12). The van der Waals surface area contributed by atoms with Gasteiger partial charge in [-0.05, 0) is 13.0 Å². The lowest BCUT2D eigenvalue weighted by Crippen LogP contribution is -2.03. The molecule has 0 radical (unpaired) electrons. The monoisotopic (exact) mass is 168 g/mol. The van der Waals surface area contributed by atoms with E-state index in [1.54, 1.807) is 18.2 Å². The number of carboxylic acid groups (broad SMARTS) is 1. The van der Waals surface area contributed by atoms with Crippen LogP contribution in [0.2, 0.25) is 0 Å². The van der Waals surface area contributed by atoms with Gasteiger partial charge in [0.15, 0.2) is 0 Å². The summed E-state index contributed by atoms with van der Waals surface area (Å²) in [6.45, 7) is 1.41. The number of hydrogen-bond donors (Lipinski definition) is 2. The number of carboxylic acids is 1. The molecule has 0 atom stereocenters. The summed E-state index contributed by atoms with van der Waals surface area (Å²) in [7, 11) is 0.